The van der Waals surface area contributed by atoms with Gasteiger partial charge in [0.05, 0.1) is 6.20 Å². The molecule has 2 N–H and O–H groups in total. The Balaban J connectivity index is 2.02. The molecule has 0 aliphatic heterocycles. The Labute approximate surface area is 104 Å². The largest absolute Gasteiger partial charge is 0.488 e. The van der Waals surface area contributed by atoms with Gasteiger partial charge in [-0.3, -0.25) is 4.98 Å². The third kappa shape index (κ3) is 3.56. The summed E-state index contributed by atoms with van der Waals surface area (Å²) in [6, 6.07) is 7.20. The van der Waals surface area contributed by atoms with E-state index in [2.05, 4.69) is 9.97 Å². The van der Waals surface area contributed by atoms with Crippen LogP contribution in [0.1, 0.15) is 5.56 Å². The molecule has 6 heteroatoms. The lowest BCUT2D eigenvalue weighted by molar-refractivity contribution is 0.425. The molecule has 0 fully saturated rings. The van der Waals surface area contributed by atoms with Crippen molar-refractivity contribution in [3.63, 3.8) is 0 Å². The van der Waals surface area contributed by atoms with Gasteiger partial charge in [0.15, 0.2) is 0 Å². The molecule has 0 amide bonds. The number of hydrogen-bond acceptors (Lipinski definition) is 5. The monoisotopic (exact) mass is 246 g/mol. The Hall–Kier alpha value is -1.37. The summed E-state index contributed by atoms with van der Waals surface area (Å²) >= 11 is 1.56. The van der Waals surface area contributed by atoms with E-state index < -0.39 is 7.12 Å². The van der Waals surface area contributed by atoms with E-state index in [4.69, 9.17) is 10.0 Å². The van der Waals surface area contributed by atoms with Crippen molar-refractivity contribution in [2.24, 2.45) is 0 Å². The molecule has 0 saturated carbocycles. The van der Waals surface area contributed by atoms with E-state index in [1.54, 1.807) is 48.6 Å². The van der Waals surface area contributed by atoms with E-state index in [1.165, 1.54) is 0 Å². The second-order valence-electron chi connectivity index (χ2n) is 3.45. The van der Waals surface area contributed by atoms with E-state index in [9.17, 15) is 0 Å². The van der Waals surface area contributed by atoms with Crippen LogP contribution in [0.3, 0.4) is 0 Å². The Morgan fingerprint density at radius 2 is 2.12 bits per heavy atom. The van der Waals surface area contributed by atoms with Gasteiger partial charge in [-0.2, -0.15) is 0 Å². The Morgan fingerprint density at radius 1 is 1.24 bits per heavy atom. The van der Waals surface area contributed by atoms with E-state index in [0.29, 0.717) is 5.46 Å². The molecule has 86 valence electrons. The van der Waals surface area contributed by atoms with Crippen LogP contribution >= 0.6 is 11.8 Å². The van der Waals surface area contributed by atoms with Crippen molar-refractivity contribution < 1.29 is 10.0 Å². The minimum absolute atomic E-state index is 0.502. The molecule has 2 rings (SSSR count). The molecule has 0 radical (unpaired) electrons. The van der Waals surface area contributed by atoms with Gasteiger partial charge in [-0.15, -0.1) is 11.8 Å². The van der Waals surface area contributed by atoms with Gasteiger partial charge in [0, 0.05) is 18.1 Å². The first-order valence-corrected chi connectivity index (χ1v) is 6.08. The second kappa shape index (κ2) is 5.81. The number of rotatable bonds is 4. The Morgan fingerprint density at radius 3 is 2.82 bits per heavy atom. The summed E-state index contributed by atoms with van der Waals surface area (Å²) in [6.07, 6.45) is 4.98. The van der Waals surface area contributed by atoms with Crippen molar-refractivity contribution in [3.8, 4) is 0 Å². The van der Waals surface area contributed by atoms with E-state index in [-0.39, 0.29) is 0 Å². The summed E-state index contributed by atoms with van der Waals surface area (Å²) < 4.78 is 0. The van der Waals surface area contributed by atoms with Crippen LogP contribution in [0, 0.1) is 0 Å². The van der Waals surface area contributed by atoms with Gasteiger partial charge in [0.1, 0.15) is 5.03 Å². The zero-order valence-electron chi connectivity index (χ0n) is 9.02. The van der Waals surface area contributed by atoms with Crippen LogP contribution in [0.2, 0.25) is 0 Å². The number of thioether (sulfide) groups is 1. The molecule has 1 aromatic carbocycles. The van der Waals surface area contributed by atoms with Gasteiger partial charge in [-0.1, -0.05) is 24.3 Å². The van der Waals surface area contributed by atoms with Crippen LogP contribution in [0.25, 0.3) is 0 Å². The number of aromatic nitrogens is 2. The first-order chi connectivity index (χ1) is 8.25. The minimum atomic E-state index is -1.42. The number of benzene rings is 1. The molecular weight excluding hydrogens is 235 g/mol. The van der Waals surface area contributed by atoms with E-state index in [0.717, 1.165) is 16.3 Å². The standard InChI is InChI=1S/C11H11BN2O2S/c15-12(16)10-3-1-2-9(6-10)8-17-11-7-13-4-5-14-11/h1-7,15-16H,8H2. The predicted molar refractivity (Wildman–Crippen MR) is 67.9 cm³/mol. The molecule has 0 saturated heterocycles. The van der Waals surface area contributed by atoms with Gasteiger partial charge in [-0.25, -0.2) is 4.98 Å². The fourth-order valence-corrected chi connectivity index (χ4v) is 2.13. The van der Waals surface area contributed by atoms with Gasteiger partial charge < -0.3 is 10.0 Å². The molecule has 0 atom stereocenters. The zero-order valence-corrected chi connectivity index (χ0v) is 9.84. The van der Waals surface area contributed by atoms with Gasteiger partial charge >= 0.3 is 7.12 Å². The van der Waals surface area contributed by atoms with Crippen LogP contribution in [0.4, 0.5) is 0 Å². The highest BCUT2D eigenvalue weighted by Gasteiger charge is 2.10. The average molecular weight is 246 g/mol. The lowest BCUT2D eigenvalue weighted by Crippen LogP contribution is -2.29. The van der Waals surface area contributed by atoms with Crippen molar-refractivity contribution in [2.75, 3.05) is 0 Å². The van der Waals surface area contributed by atoms with E-state index >= 15 is 0 Å². The van der Waals surface area contributed by atoms with E-state index in [1.807, 2.05) is 6.07 Å². The molecule has 1 aromatic heterocycles. The molecule has 4 nitrogen and oxygen atoms in total. The molecule has 0 aliphatic carbocycles. The lowest BCUT2D eigenvalue weighted by Gasteiger charge is -2.04. The van der Waals surface area contributed by atoms with Crippen LogP contribution in [0.5, 0.6) is 0 Å². The highest BCUT2D eigenvalue weighted by atomic mass is 32.2. The normalized spacial score (nSPS) is 10.2. The summed E-state index contributed by atoms with van der Waals surface area (Å²) in [6.45, 7) is 0. The maximum atomic E-state index is 9.06. The highest BCUT2D eigenvalue weighted by molar-refractivity contribution is 7.98. The molecule has 2 aromatic rings. The Bertz CT molecular complexity index is 482. The van der Waals surface area contributed by atoms with Crippen molar-refractivity contribution in [1.82, 2.24) is 9.97 Å². The first-order valence-electron chi connectivity index (χ1n) is 5.09. The third-order valence-corrected chi connectivity index (χ3v) is 3.16. The van der Waals surface area contributed by atoms with Crippen LogP contribution in [-0.4, -0.2) is 27.1 Å². The first kappa shape index (κ1) is 12.1. The molecule has 0 unspecified atom stereocenters. The fourth-order valence-electron chi connectivity index (χ4n) is 1.36. The summed E-state index contributed by atoms with van der Waals surface area (Å²) in [7, 11) is -1.42. The fraction of sp³-hybridized carbons (Fsp3) is 0.0909. The van der Waals surface area contributed by atoms with Crippen molar-refractivity contribution in [3.05, 3.63) is 48.4 Å². The SMILES string of the molecule is OB(O)c1cccc(CSc2cnccn2)c1. The summed E-state index contributed by atoms with van der Waals surface area (Å²) in [5.74, 6) is 0.721. The third-order valence-electron chi connectivity index (χ3n) is 2.18. The predicted octanol–water partition coefficient (Wildman–Crippen LogP) is 0.449. The van der Waals surface area contributed by atoms with Crippen LogP contribution in [-0.2, 0) is 5.75 Å². The van der Waals surface area contributed by atoms with Crippen molar-refractivity contribution in [2.45, 2.75) is 10.8 Å². The topological polar surface area (TPSA) is 66.2 Å². The van der Waals surface area contributed by atoms with Crippen LogP contribution in [0.15, 0.2) is 47.9 Å². The number of nitrogens with zero attached hydrogens (tertiary/aromatic N) is 2. The average Bonchev–Trinajstić information content (AvgIpc) is 2.38. The molecule has 1 heterocycles. The molecule has 0 aliphatic rings. The highest BCUT2D eigenvalue weighted by Crippen LogP contribution is 2.18. The maximum Gasteiger partial charge on any atom is 0.488 e. The summed E-state index contributed by atoms with van der Waals surface area (Å²) in [5.41, 5.74) is 1.52. The molecular formula is C11H11BN2O2S. The number of hydrogen-bond donors (Lipinski definition) is 2. The Kier molecular flexibility index (Phi) is 4.14. The van der Waals surface area contributed by atoms with Gasteiger partial charge in [0.25, 0.3) is 0 Å². The summed E-state index contributed by atoms with van der Waals surface area (Å²) in [5, 5.41) is 19.0. The maximum absolute atomic E-state index is 9.06. The second-order valence-corrected chi connectivity index (χ2v) is 4.45. The summed E-state index contributed by atoms with van der Waals surface area (Å²) in [4.78, 5) is 8.13. The van der Waals surface area contributed by atoms with Crippen molar-refractivity contribution >= 4 is 24.3 Å². The quantitative estimate of drug-likeness (QED) is 0.605. The van der Waals surface area contributed by atoms with Crippen molar-refractivity contribution in [1.29, 1.82) is 0 Å². The van der Waals surface area contributed by atoms with Gasteiger partial charge in [-0.05, 0) is 11.0 Å². The van der Waals surface area contributed by atoms with Gasteiger partial charge in [0.2, 0.25) is 0 Å². The molecule has 17 heavy (non-hydrogen) atoms. The lowest BCUT2D eigenvalue weighted by atomic mass is 9.80. The smallest absolute Gasteiger partial charge is 0.423 e. The van der Waals surface area contributed by atoms with Crippen LogP contribution < -0.4 is 5.46 Å². The molecule has 0 spiro atoms. The molecule has 0 bridgehead atoms. The minimum Gasteiger partial charge on any atom is -0.423 e. The zero-order chi connectivity index (χ0) is 12.1.